The van der Waals surface area contributed by atoms with Gasteiger partial charge in [0.15, 0.2) is 0 Å². The summed E-state index contributed by atoms with van der Waals surface area (Å²) in [5, 5.41) is 12.2. The van der Waals surface area contributed by atoms with Gasteiger partial charge in [0.05, 0.1) is 29.2 Å². The molecule has 5 rings (SSSR count). The first-order valence-corrected chi connectivity index (χ1v) is 9.22. The van der Waals surface area contributed by atoms with Gasteiger partial charge in [-0.1, -0.05) is 36.4 Å². The van der Waals surface area contributed by atoms with Gasteiger partial charge in [0.1, 0.15) is 0 Å². The minimum Gasteiger partial charge on any atom is -0.321 e. The second-order valence-corrected chi connectivity index (χ2v) is 6.79. The molecule has 1 aliphatic heterocycles. The second kappa shape index (κ2) is 6.89. The SMILES string of the molecule is O=C(Nc1cccc2ccccc12)c1ccc(N2C(=O)c3cnncc3C2=O)cc1. The molecule has 2 heterocycles. The summed E-state index contributed by atoms with van der Waals surface area (Å²) in [6, 6.07) is 19.8. The lowest BCUT2D eigenvalue weighted by molar-refractivity contribution is 0.0925. The van der Waals surface area contributed by atoms with E-state index in [1.54, 1.807) is 24.3 Å². The number of nitrogens with zero attached hydrogens (tertiary/aromatic N) is 3. The predicted molar refractivity (Wildman–Crippen MR) is 112 cm³/mol. The molecular formula is C23H14N4O3. The Labute approximate surface area is 171 Å². The molecule has 0 unspecified atom stereocenters. The molecule has 4 aromatic rings. The van der Waals surface area contributed by atoms with E-state index in [-0.39, 0.29) is 17.0 Å². The molecule has 1 N–H and O–H groups in total. The molecule has 0 aliphatic carbocycles. The first-order valence-electron chi connectivity index (χ1n) is 9.22. The van der Waals surface area contributed by atoms with E-state index in [0.717, 1.165) is 15.7 Å². The van der Waals surface area contributed by atoms with E-state index in [1.807, 2.05) is 42.5 Å². The number of anilines is 2. The Hall–Kier alpha value is -4.39. The van der Waals surface area contributed by atoms with E-state index in [2.05, 4.69) is 15.5 Å². The van der Waals surface area contributed by atoms with Crippen molar-refractivity contribution in [2.24, 2.45) is 0 Å². The van der Waals surface area contributed by atoms with E-state index < -0.39 is 11.8 Å². The number of aromatic nitrogens is 2. The maximum absolute atomic E-state index is 12.7. The van der Waals surface area contributed by atoms with Crippen LogP contribution in [0.5, 0.6) is 0 Å². The van der Waals surface area contributed by atoms with Gasteiger partial charge in [-0.2, -0.15) is 10.2 Å². The first-order chi connectivity index (χ1) is 14.6. The monoisotopic (exact) mass is 394 g/mol. The van der Waals surface area contributed by atoms with Crippen LogP contribution in [0.3, 0.4) is 0 Å². The van der Waals surface area contributed by atoms with Gasteiger partial charge in [0.2, 0.25) is 0 Å². The quantitative estimate of drug-likeness (QED) is 0.535. The van der Waals surface area contributed by atoms with E-state index in [0.29, 0.717) is 16.9 Å². The molecule has 1 aromatic heterocycles. The Morgan fingerprint density at radius 3 is 2.10 bits per heavy atom. The van der Waals surface area contributed by atoms with Crippen LogP contribution < -0.4 is 10.2 Å². The van der Waals surface area contributed by atoms with Crippen LogP contribution in [0.15, 0.2) is 79.1 Å². The number of hydrogen-bond acceptors (Lipinski definition) is 5. The van der Waals surface area contributed by atoms with Crippen LogP contribution in [0.4, 0.5) is 11.4 Å². The third-order valence-electron chi connectivity index (χ3n) is 5.02. The Bertz CT molecular complexity index is 1290. The van der Waals surface area contributed by atoms with Gasteiger partial charge in [0.25, 0.3) is 17.7 Å². The molecule has 0 saturated carbocycles. The lowest BCUT2D eigenvalue weighted by Crippen LogP contribution is -2.29. The van der Waals surface area contributed by atoms with Crippen molar-refractivity contribution in [1.82, 2.24) is 10.2 Å². The molecule has 1 aliphatic rings. The van der Waals surface area contributed by atoms with Gasteiger partial charge < -0.3 is 5.32 Å². The van der Waals surface area contributed by atoms with E-state index in [1.165, 1.54) is 12.4 Å². The number of fused-ring (bicyclic) bond motifs is 2. The largest absolute Gasteiger partial charge is 0.321 e. The number of rotatable bonds is 3. The Kier molecular flexibility index (Phi) is 4.07. The van der Waals surface area contributed by atoms with Crippen LogP contribution in [-0.2, 0) is 0 Å². The molecule has 7 heteroatoms. The fraction of sp³-hybridized carbons (Fsp3) is 0. The second-order valence-electron chi connectivity index (χ2n) is 6.79. The number of amides is 3. The highest BCUT2D eigenvalue weighted by Gasteiger charge is 2.37. The number of imide groups is 1. The average Bonchev–Trinajstić information content (AvgIpc) is 3.04. The zero-order valence-electron chi connectivity index (χ0n) is 15.6. The van der Waals surface area contributed by atoms with Crippen molar-refractivity contribution >= 4 is 39.9 Å². The number of carbonyl (C=O) groups excluding carboxylic acids is 3. The summed E-state index contributed by atoms with van der Waals surface area (Å²) in [5.74, 6) is -1.20. The van der Waals surface area contributed by atoms with Gasteiger partial charge >= 0.3 is 0 Å². The number of nitrogens with one attached hydrogen (secondary N) is 1. The molecule has 0 spiro atoms. The third-order valence-corrected chi connectivity index (χ3v) is 5.02. The molecule has 0 saturated heterocycles. The summed E-state index contributed by atoms with van der Waals surface area (Å²) >= 11 is 0. The Morgan fingerprint density at radius 1 is 0.767 bits per heavy atom. The fourth-order valence-electron chi connectivity index (χ4n) is 3.52. The molecular weight excluding hydrogens is 380 g/mol. The topological polar surface area (TPSA) is 92.3 Å². The van der Waals surface area contributed by atoms with Crippen LogP contribution >= 0.6 is 0 Å². The summed E-state index contributed by atoms with van der Waals surface area (Å²) in [6.07, 6.45) is 2.56. The van der Waals surface area contributed by atoms with Crippen molar-refractivity contribution in [2.75, 3.05) is 10.2 Å². The predicted octanol–water partition coefficient (Wildman–Crippen LogP) is 3.68. The van der Waals surface area contributed by atoms with Crippen LogP contribution in [-0.4, -0.2) is 27.9 Å². The molecule has 0 bridgehead atoms. The minimum atomic E-state index is -0.460. The van der Waals surface area contributed by atoms with Crippen LogP contribution in [0.1, 0.15) is 31.1 Å². The highest BCUT2D eigenvalue weighted by atomic mass is 16.2. The lowest BCUT2D eigenvalue weighted by atomic mass is 10.1. The zero-order valence-corrected chi connectivity index (χ0v) is 15.6. The summed E-state index contributed by atoms with van der Waals surface area (Å²) in [4.78, 5) is 38.9. The number of carbonyl (C=O) groups is 3. The molecule has 3 amide bonds. The van der Waals surface area contributed by atoms with Crippen molar-refractivity contribution in [1.29, 1.82) is 0 Å². The normalized spacial score (nSPS) is 12.9. The van der Waals surface area contributed by atoms with Crippen molar-refractivity contribution in [3.63, 3.8) is 0 Å². The Balaban J connectivity index is 1.40. The summed E-state index contributed by atoms with van der Waals surface area (Å²) in [5.41, 5.74) is 1.93. The van der Waals surface area contributed by atoms with Crippen LogP contribution in [0.2, 0.25) is 0 Å². The van der Waals surface area contributed by atoms with Gasteiger partial charge in [-0.3, -0.25) is 14.4 Å². The van der Waals surface area contributed by atoms with Crippen LogP contribution in [0.25, 0.3) is 10.8 Å². The van der Waals surface area contributed by atoms with Gasteiger partial charge in [0, 0.05) is 16.6 Å². The molecule has 144 valence electrons. The molecule has 0 atom stereocenters. The van der Waals surface area contributed by atoms with Crippen molar-refractivity contribution < 1.29 is 14.4 Å². The highest BCUT2D eigenvalue weighted by molar-refractivity contribution is 6.34. The molecule has 3 aromatic carbocycles. The first kappa shape index (κ1) is 17.7. The maximum atomic E-state index is 12.7. The van der Waals surface area contributed by atoms with E-state index >= 15 is 0 Å². The summed E-state index contributed by atoms with van der Waals surface area (Å²) in [7, 11) is 0. The summed E-state index contributed by atoms with van der Waals surface area (Å²) in [6.45, 7) is 0. The van der Waals surface area contributed by atoms with Crippen molar-refractivity contribution in [3.05, 3.63) is 95.8 Å². The van der Waals surface area contributed by atoms with Gasteiger partial charge in [-0.25, -0.2) is 4.90 Å². The maximum Gasteiger partial charge on any atom is 0.267 e. The standard InChI is InChI=1S/C23H14N4O3/c28-21(26-20-7-3-5-14-4-1-2-6-17(14)20)15-8-10-16(11-9-15)27-22(29)18-12-24-25-13-19(18)23(27)30/h1-13H,(H,26,28). The third kappa shape index (κ3) is 2.80. The van der Waals surface area contributed by atoms with E-state index in [9.17, 15) is 14.4 Å². The number of benzene rings is 3. The smallest absolute Gasteiger partial charge is 0.267 e. The highest BCUT2D eigenvalue weighted by Crippen LogP contribution is 2.28. The zero-order chi connectivity index (χ0) is 20.7. The molecule has 30 heavy (non-hydrogen) atoms. The Morgan fingerprint density at radius 2 is 1.40 bits per heavy atom. The molecule has 0 fully saturated rings. The van der Waals surface area contributed by atoms with Gasteiger partial charge in [-0.15, -0.1) is 0 Å². The van der Waals surface area contributed by atoms with Crippen LogP contribution in [0, 0.1) is 0 Å². The summed E-state index contributed by atoms with van der Waals surface area (Å²) < 4.78 is 0. The number of hydrogen-bond donors (Lipinski definition) is 1. The lowest BCUT2D eigenvalue weighted by Gasteiger charge is -2.14. The molecule has 7 nitrogen and oxygen atoms in total. The fourth-order valence-corrected chi connectivity index (χ4v) is 3.52. The van der Waals surface area contributed by atoms with Gasteiger partial charge in [-0.05, 0) is 35.7 Å². The van der Waals surface area contributed by atoms with Crippen molar-refractivity contribution in [3.8, 4) is 0 Å². The van der Waals surface area contributed by atoms with Crippen molar-refractivity contribution in [2.45, 2.75) is 0 Å². The molecule has 0 radical (unpaired) electrons. The van der Waals surface area contributed by atoms with E-state index in [4.69, 9.17) is 0 Å². The average molecular weight is 394 g/mol. The minimum absolute atomic E-state index is 0.216.